The van der Waals surface area contributed by atoms with Gasteiger partial charge in [0, 0.05) is 6.04 Å². The van der Waals surface area contributed by atoms with E-state index in [1.54, 1.807) is 0 Å². The first-order valence-electron chi connectivity index (χ1n) is 7.35. The molecule has 0 fully saturated rings. The lowest BCUT2D eigenvalue weighted by Gasteiger charge is -2.24. The number of benzene rings is 1. The molecule has 0 saturated carbocycles. The van der Waals surface area contributed by atoms with Gasteiger partial charge in [0.15, 0.2) is 11.5 Å². The summed E-state index contributed by atoms with van der Waals surface area (Å²) in [6, 6.07) is 6.69. The highest BCUT2D eigenvalue weighted by atomic mass is 16.6. The summed E-state index contributed by atoms with van der Waals surface area (Å²) in [6.07, 6.45) is 3.64. The van der Waals surface area contributed by atoms with Crippen LogP contribution in [-0.2, 0) is 0 Å². The second kappa shape index (κ2) is 6.80. The van der Waals surface area contributed by atoms with Crippen LogP contribution < -0.4 is 14.8 Å². The highest BCUT2D eigenvalue weighted by molar-refractivity contribution is 5.44. The van der Waals surface area contributed by atoms with Gasteiger partial charge in [-0.05, 0) is 37.1 Å². The van der Waals surface area contributed by atoms with Gasteiger partial charge in [0.2, 0.25) is 0 Å². The Balaban J connectivity index is 2.14. The van der Waals surface area contributed by atoms with Crippen LogP contribution in [-0.4, -0.2) is 20.3 Å². The molecule has 0 aromatic heterocycles. The fourth-order valence-corrected chi connectivity index (χ4v) is 2.65. The van der Waals surface area contributed by atoms with E-state index in [9.17, 15) is 0 Å². The van der Waals surface area contributed by atoms with Gasteiger partial charge < -0.3 is 14.8 Å². The number of hydrogen-bond donors (Lipinski definition) is 1. The maximum atomic E-state index is 5.66. The van der Waals surface area contributed by atoms with Crippen molar-refractivity contribution in [2.45, 2.75) is 39.2 Å². The maximum Gasteiger partial charge on any atom is 0.161 e. The van der Waals surface area contributed by atoms with Crippen molar-refractivity contribution in [2.24, 2.45) is 5.92 Å². The summed E-state index contributed by atoms with van der Waals surface area (Å²) in [5.41, 5.74) is 1.29. The van der Waals surface area contributed by atoms with Crippen LogP contribution in [0.3, 0.4) is 0 Å². The highest BCUT2D eigenvalue weighted by Gasteiger charge is 2.18. The van der Waals surface area contributed by atoms with E-state index in [1.165, 1.54) is 24.8 Å². The molecule has 0 spiro atoms. The molecule has 1 atom stereocenters. The largest absolute Gasteiger partial charge is 0.486 e. The van der Waals surface area contributed by atoms with E-state index in [0.29, 0.717) is 19.3 Å². The number of ether oxygens (including phenoxy) is 2. The standard InChI is InChI=1S/C16H25NO2/c1-4-12(5-2)10-14(17-3)13-6-7-15-16(11-13)19-9-8-18-15/h6-7,11-12,14,17H,4-5,8-10H2,1-3H3. The smallest absolute Gasteiger partial charge is 0.161 e. The maximum absolute atomic E-state index is 5.66. The summed E-state index contributed by atoms with van der Waals surface area (Å²) < 4.78 is 11.2. The molecule has 1 unspecified atom stereocenters. The average molecular weight is 263 g/mol. The second-order valence-corrected chi connectivity index (χ2v) is 5.16. The van der Waals surface area contributed by atoms with Gasteiger partial charge >= 0.3 is 0 Å². The number of fused-ring (bicyclic) bond motifs is 1. The van der Waals surface area contributed by atoms with Crippen molar-refractivity contribution in [3.8, 4) is 11.5 Å². The minimum Gasteiger partial charge on any atom is -0.486 e. The van der Waals surface area contributed by atoms with Crippen LogP contribution in [0.1, 0.15) is 44.7 Å². The summed E-state index contributed by atoms with van der Waals surface area (Å²) >= 11 is 0. The van der Waals surface area contributed by atoms with Crippen molar-refractivity contribution in [1.29, 1.82) is 0 Å². The normalized spacial score (nSPS) is 15.6. The van der Waals surface area contributed by atoms with Gasteiger partial charge in [0.05, 0.1) is 0 Å². The summed E-state index contributed by atoms with van der Waals surface area (Å²) in [4.78, 5) is 0. The quantitative estimate of drug-likeness (QED) is 0.851. The molecule has 0 radical (unpaired) electrons. The van der Waals surface area contributed by atoms with E-state index >= 15 is 0 Å². The third-order valence-corrected chi connectivity index (χ3v) is 4.04. The number of nitrogens with one attached hydrogen (secondary N) is 1. The van der Waals surface area contributed by atoms with Gasteiger partial charge in [-0.2, -0.15) is 0 Å². The Morgan fingerprint density at radius 3 is 2.42 bits per heavy atom. The monoisotopic (exact) mass is 263 g/mol. The lowest BCUT2D eigenvalue weighted by Crippen LogP contribution is -2.21. The molecule has 1 aliphatic rings. The third kappa shape index (κ3) is 3.41. The van der Waals surface area contributed by atoms with Crippen LogP contribution in [0.25, 0.3) is 0 Å². The number of rotatable bonds is 6. The van der Waals surface area contributed by atoms with Crippen molar-refractivity contribution in [2.75, 3.05) is 20.3 Å². The van der Waals surface area contributed by atoms with Crippen molar-refractivity contribution in [3.63, 3.8) is 0 Å². The second-order valence-electron chi connectivity index (χ2n) is 5.16. The van der Waals surface area contributed by atoms with Gasteiger partial charge in [0.25, 0.3) is 0 Å². The van der Waals surface area contributed by atoms with Crippen molar-refractivity contribution < 1.29 is 9.47 Å². The summed E-state index contributed by atoms with van der Waals surface area (Å²) in [5, 5.41) is 3.43. The molecule has 3 heteroatoms. The molecule has 3 nitrogen and oxygen atoms in total. The highest BCUT2D eigenvalue weighted by Crippen LogP contribution is 2.34. The predicted octanol–water partition coefficient (Wildman–Crippen LogP) is 3.54. The van der Waals surface area contributed by atoms with Crippen molar-refractivity contribution in [3.05, 3.63) is 23.8 Å². The first-order chi connectivity index (χ1) is 9.28. The molecular weight excluding hydrogens is 238 g/mol. The van der Waals surface area contributed by atoms with E-state index in [-0.39, 0.29) is 0 Å². The molecule has 1 aromatic carbocycles. The summed E-state index contributed by atoms with van der Waals surface area (Å²) in [7, 11) is 2.03. The molecule has 0 bridgehead atoms. The van der Waals surface area contributed by atoms with E-state index in [1.807, 2.05) is 13.1 Å². The van der Waals surface area contributed by atoms with E-state index < -0.39 is 0 Å². The summed E-state index contributed by atoms with van der Waals surface area (Å²) in [5.74, 6) is 2.52. The zero-order valence-corrected chi connectivity index (χ0v) is 12.2. The lowest BCUT2D eigenvalue weighted by atomic mass is 9.91. The van der Waals surface area contributed by atoms with Crippen LogP contribution in [0.2, 0.25) is 0 Å². The fourth-order valence-electron chi connectivity index (χ4n) is 2.65. The number of hydrogen-bond acceptors (Lipinski definition) is 3. The first kappa shape index (κ1) is 14.2. The van der Waals surface area contributed by atoms with E-state index in [2.05, 4.69) is 31.3 Å². The molecule has 106 valence electrons. The Labute approximate surface area is 116 Å². The molecule has 0 amide bonds. The lowest BCUT2D eigenvalue weighted by molar-refractivity contribution is 0.171. The Bertz CT molecular complexity index is 402. The van der Waals surface area contributed by atoms with E-state index in [0.717, 1.165) is 17.4 Å². The van der Waals surface area contributed by atoms with Crippen molar-refractivity contribution >= 4 is 0 Å². The van der Waals surface area contributed by atoms with Gasteiger partial charge in [-0.1, -0.05) is 32.8 Å². The molecule has 1 aromatic rings. The predicted molar refractivity (Wildman–Crippen MR) is 77.9 cm³/mol. The molecule has 1 N–H and O–H groups in total. The zero-order chi connectivity index (χ0) is 13.7. The topological polar surface area (TPSA) is 30.5 Å². The first-order valence-corrected chi connectivity index (χ1v) is 7.35. The Hall–Kier alpha value is -1.22. The molecule has 0 aliphatic carbocycles. The Morgan fingerprint density at radius 2 is 1.79 bits per heavy atom. The van der Waals surface area contributed by atoms with Crippen LogP contribution in [0.5, 0.6) is 11.5 Å². The Morgan fingerprint density at radius 1 is 1.11 bits per heavy atom. The summed E-state index contributed by atoms with van der Waals surface area (Å²) in [6.45, 7) is 5.83. The van der Waals surface area contributed by atoms with Crippen LogP contribution in [0.15, 0.2) is 18.2 Å². The van der Waals surface area contributed by atoms with Gasteiger partial charge in [0.1, 0.15) is 13.2 Å². The average Bonchev–Trinajstić information content (AvgIpc) is 2.48. The van der Waals surface area contributed by atoms with Crippen LogP contribution >= 0.6 is 0 Å². The molecule has 2 rings (SSSR count). The minimum absolute atomic E-state index is 0.390. The SMILES string of the molecule is CCC(CC)CC(NC)c1ccc2c(c1)OCCO2. The Kier molecular flexibility index (Phi) is 5.08. The molecule has 19 heavy (non-hydrogen) atoms. The molecule has 1 heterocycles. The third-order valence-electron chi connectivity index (χ3n) is 4.04. The zero-order valence-electron chi connectivity index (χ0n) is 12.2. The fraction of sp³-hybridized carbons (Fsp3) is 0.625. The van der Waals surface area contributed by atoms with Crippen LogP contribution in [0, 0.1) is 5.92 Å². The van der Waals surface area contributed by atoms with Crippen LogP contribution in [0.4, 0.5) is 0 Å². The molecule has 0 saturated heterocycles. The van der Waals surface area contributed by atoms with Gasteiger partial charge in [-0.25, -0.2) is 0 Å². The van der Waals surface area contributed by atoms with Gasteiger partial charge in [-0.3, -0.25) is 0 Å². The van der Waals surface area contributed by atoms with Crippen molar-refractivity contribution in [1.82, 2.24) is 5.32 Å². The van der Waals surface area contributed by atoms with Gasteiger partial charge in [-0.15, -0.1) is 0 Å². The van der Waals surface area contributed by atoms with E-state index in [4.69, 9.17) is 9.47 Å². The molecular formula is C16H25NO2. The molecule has 1 aliphatic heterocycles. The minimum atomic E-state index is 0.390.